The SMILES string of the molecule is CCC(Nc1nc(OC)ncc1Cl)C(C)C. The zero-order chi connectivity index (χ0) is 12.1. The maximum Gasteiger partial charge on any atom is 0.318 e. The number of anilines is 1. The lowest BCUT2D eigenvalue weighted by atomic mass is 10.0. The van der Waals surface area contributed by atoms with Gasteiger partial charge in [0.05, 0.1) is 13.3 Å². The summed E-state index contributed by atoms with van der Waals surface area (Å²) in [6.45, 7) is 6.45. The van der Waals surface area contributed by atoms with Crippen LogP contribution in [0.25, 0.3) is 0 Å². The van der Waals surface area contributed by atoms with Crippen LogP contribution in [0.5, 0.6) is 6.01 Å². The second kappa shape index (κ2) is 5.89. The Bertz CT molecular complexity index is 344. The van der Waals surface area contributed by atoms with Gasteiger partial charge in [-0.05, 0) is 12.3 Å². The number of hydrogen-bond donors (Lipinski definition) is 1. The number of ether oxygens (including phenoxy) is 1. The molecule has 5 heteroatoms. The van der Waals surface area contributed by atoms with Crippen LogP contribution in [0.1, 0.15) is 27.2 Å². The van der Waals surface area contributed by atoms with Crippen molar-refractivity contribution >= 4 is 17.4 Å². The first-order chi connectivity index (χ1) is 7.58. The molecule has 0 aliphatic rings. The molecule has 1 rings (SSSR count). The van der Waals surface area contributed by atoms with Crippen molar-refractivity contribution in [1.82, 2.24) is 9.97 Å². The number of hydrogen-bond acceptors (Lipinski definition) is 4. The van der Waals surface area contributed by atoms with E-state index in [2.05, 4.69) is 36.1 Å². The molecule has 0 spiro atoms. The van der Waals surface area contributed by atoms with Crippen LogP contribution in [0, 0.1) is 5.92 Å². The average molecular weight is 244 g/mol. The molecule has 1 N–H and O–H groups in total. The van der Waals surface area contributed by atoms with E-state index in [1.54, 1.807) is 6.20 Å². The van der Waals surface area contributed by atoms with Gasteiger partial charge in [0.25, 0.3) is 0 Å². The molecule has 0 bridgehead atoms. The van der Waals surface area contributed by atoms with Gasteiger partial charge in [0.2, 0.25) is 0 Å². The highest BCUT2D eigenvalue weighted by Crippen LogP contribution is 2.23. The van der Waals surface area contributed by atoms with Crippen molar-refractivity contribution < 1.29 is 4.74 Å². The normalized spacial score (nSPS) is 12.6. The standard InChI is InChI=1S/C11H18ClN3O/c1-5-9(7(2)3)14-10-8(12)6-13-11(15-10)16-4/h6-7,9H,5H2,1-4H3,(H,13,14,15). The summed E-state index contributed by atoms with van der Waals surface area (Å²) in [4.78, 5) is 8.11. The molecule has 16 heavy (non-hydrogen) atoms. The highest BCUT2D eigenvalue weighted by atomic mass is 35.5. The maximum absolute atomic E-state index is 6.02. The Hall–Kier alpha value is -1.03. The summed E-state index contributed by atoms with van der Waals surface area (Å²) in [7, 11) is 1.53. The summed E-state index contributed by atoms with van der Waals surface area (Å²) in [5, 5.41) is 3.82. The fraction of sp³-hybridized carbons (Fsp3) is 0.636. The first-order valence-electron chi connectivity index (χ1n) is 5.41. The molecule has 1 heterocycles. The number of halogens is 1. The third-order valence-electron chi connectivity index (χ3n) is 2.47. The van der Waals surface area contributed by atoms with Crippen LogP contribution in [-0.2, 0) is 0 Å². The summed E-state index contributed by atoms with van der Waals surface area (Å²) < 4.78 is 4.96. The third kappa shape index (κ3) is 3.23. The molecular formula is C11H18ClN3O. The molecular weight excluding hydrogens is 226 g/mol. The minimum absolute atomic E-state index is 0.325. The Morgan fingerprint density at radius 3 is 2.69 bits per heavy atom. The van der Waals surface area contributed by atoms with Crippen LogP contribution in [-0.4, -0.2) is 23.1 Å². The van der Waals surface area contributed by atoms with Gasteiger partial charge in [-0.2, -0.15) is 4.98 Å². The average Bonchev–Trinajstić information content (AvgIpc) is 2.27. The molecule has 90 valence electrons. The molecule has 1 aromatic rings. The smallest absolute Gasteiger partial charge is 0.318 e. The van der Waals surface area contributed by atoms with Gasteiger partial charge in [-0.15, -0.1) is 0 Å². The van der Waals surface area contributed by atoms with E-state index in [0.29, 0.717) is 28.8 Å². The number of nitrogens with one attached hydrogen (secondary N) is 1. The zero-order valence-electron chi connectivity index (χ0n) is 10.1. The summed E-state index contributed by atoms with van der Waals surface area (Å²) in [6, 6.07) is 0.669. The molecule has 4 nitrogen and oxygen atoms in total. The second-order valence-electron chi connectivity index (χ2n) is 3.96. The van der Waals surface area contributed by atoms with Crippen LogP contribution >= 0.6 is 11.6 Å². The monoisotopic (exact) mass is 243 g/mol. The van der Waals surface area contributed by atoms with E-state index in [0.717, 1.165) is 6.42 Å². The summed E-state index contributed by atoms with van der Waals surface area (Å²) in [5.41, 5.74) is 0. The van der Waals surface area contributed by atoms with Gasteiger partial charge in [0.15, 0.2) is 5.82 Å². The quantitative estimate of drug-likeness (QED) is 0.864. The zero-order valence-corrected chi connectivity index (χ0v) is 10.9. The van der Waals surface area contributed by atoms with E-state index >= 15 is 0 Å². The number of nitrogens with zero attached hydrogens (tertiary/aromatic N) is 2. The predicted molar refractivity (Wildman–Crippen MR) is 66.1 cm³/mol. The first-order valence-corrected chi connectivity index (χ1v) is 5.79. The molecule has 0 aliphatic heterocycles. The minimum Gasteiger partial charge on any atom is -0.467 e. The van der Waals surface area contributed by atoms with Crippen LogP contribution in [0.2, 0.25) is 5.02 Å². The molecule has 1 unspecified atom stereocenters. The Morgan fingerprint density at radius 1 is 1.50 bits per heavy atom. The largest absolute Gasteiger partial charge is 0.467 e. The second-order valence-corrected chi connectivity index (χ2v) is 4.36. The topological polar surface area (TPSA) is 47.0 Å². The van der Waals surface area contributed by atoms with Crippen molar-refractivity contribution in [1.29, 1.82) is 0 Å². The Kier molecular flexibility index (Phi) is 4.80. The molecule has 0 saturated heterocycles. The van der Waals surface area contributed by atoms with E-state index in [1.807, 2.05) is 0 Å². The van der Waals surface area contributed by atoms with Gasteiger partial charge >= 0.3 is 6.01 Å². The van der Waals surface area contributed by atoms with Gasteiger partial charge < -0.3 is 10.1 Å². The van der Waals surface area contributed by atoms with E-state index in [4.69, 9.17) is 16.3 Å². The number of rotatable bonds is 5. The van der Waals surface area contributed by atoms with Crippen molar-refractivity contribution in [2.75, 3.05) is 12.4 Å². The molecule has 0 amide bonds. The van der Waals surface area contributed by atoms with Gasteiger partial charge in [-0.1, -0.05) is 32.4 Å². The van der Waals surface area contributed by atoms with Crippen molar-refractivity contribution in [3.63, 3.8) is 0 Å². The van der Waals surface area contributed by atoms with Crippen molar-refractivity contribution in [3.8, 4) is 6.01 Å². The first kappa shape index (κ1) is 13.0. The lowest BCUT2D eigenvalue weighted by molar-refractivity contribution is 0.380. The van der Waals surface area contributed by atoms with Crippen LogP contribution in [0.4, 0.5) is 5.82 Å². The van der Waals surface area contributed by atoms with Gasteiger partial charge in [-0.25, -0.2) is 4.98 Å². The van der Waals surface area contributed by atoms with Gasteiger partial charge in [0.1, 0.15) is 5.02 Å². The van der Waals surface area contributed by atoms with Gasteiger partial charge in [0, 0.05) is 6.04 Å². The minimum atomic E-state index is 0.325. The van der Waals surface area contributed by atoms with Crippen molar-refractivity contribution in [2.24, 2.45) is 5.92 Å². The summed E-state index contributed by atoms with van der Waals surface area (Å²) >= 11 is 6.02. The Labute approximate surface area is 101 Å². The van der Waals surface area contributed by atoms with E-state index in [1.165, 1.54) is 7.11 Å². The summed E-state index contributed by atoms with van der Waals surface area (Å²) in [5.74, 6) is 1.15. The molecule has 0 aliphatic carbocycles. The van der Waals surface area contributed by atoms with Crippen LogP contribution < -0.4 is 10.1 Å². The van der Waals surface area contributed by atoms with E-state index in [-0.39, 0.29) is 0 Å². The van der Waals surface area contributed by atoms with E-state index < -0.39 is 0 Å². The highest BCUT2D eigenvalue weighted by Gasteiger charge is 2.14. The number of aromatic nitrogens is 2. The molecule has 1 atom stereocenters. The maximum atomic E-state index is 6.02. The molecule has 0 aromatic carbocycles. The number of methoxy groups -OCH3 is 1. The molecule has 0 radical (unpaired) electrons. The lowest BCUT2D eigenvalue weighted by Crippen LogP contribution is -2.25. The fourth-order valence-corrected chi connectivity index (χ4v) is 1.61. The lowest BCUT2D eigenvalue weighted by Gasteiger charge is -2.21. The Balaban J connectivity index is 2.86. The van der Waals surface area contributed by atoms with Crippen LogP contribution in [0.15, 0.2) is 6.20 Å². The molecule has 0 fully saturated rings. The molecule has 0 saturated carbocycles. The Morgan fingerprint density at radius 2 is 2.19 bits per heavy atom. The predicted octanol–water partition coefficient (Wildman–Crippen LogP) is 2.99. The van der Waals surface area contributed by atoms with Crippen molar-refractivity contribution in [2.45, 2.75) is 33.2 Å². The molecule has 1 aromatic heterocycles. The van der Waals surface area contributed by atoms with E-state index in [9.17, 15) is 0 Å². The van der Waals surface area contributed by atoms with Crippen LogP contribution in [0.3, 0.4) is 0 Å². The fourth-order valence-electron chi connectivity index (χ4n) is 1.47. The third-order valence-corrected chi connectivity index (χ3v) is 2.75. The van der Waals surface area contributed by atoms with Crippen molar-refractivity contribution in [3.05, 3.63) is 11.2 Å². The van der Waals surface area contributed by atoms with Gasteiger partial charge in [-0.3, -0.25) is 0 Å². The highest BCUT2D eigenvalue weighted by molar-refractivity contribution is 6.32. The summed E-state index contributed by atoms with van der Waals surface area (Å²) in [6.07, 6.45) is 2.56.